The van der Waals surface area contributed by atoms with E-state index in [0.717, 1.165) is 0 Å². The van der Waals surface area contributed by atoms with Crippen molar-refractivity contribution in [1.82, 2.24) is 5.32 Å². The van der Waals surface area contributed by atoms with Crippen molar-refractivity contribution in [2.45, 2.75) is 44.9 Å². The number of ether oxygens (including phenoxy) is 3. The van der Waals surface area contributed by atoms with Crippen molar-refractivity contribution in [3.05, 3.63) is 0 Å². The largest absolute Gasteiger partial charge is 0.467 e. The molecule has 1 saturated heterocycles. The van der Waals surface area contributed by atoms with Crippen molar-refractivity contribution in [3.63, 3.8) is 0 Å². The molecule has 1 heterocycles. The first-order valence-electron chi connectivity index (χ1n) is 5.51. The van der Waals surface area contributed by atoms with E-state index in [1.165, 1.54) is 7.11 Å². The van der Waals surface area contributed by atoms with Gasteiger partial charge in [-0.3, -0.25) is 0 Å². The molecule has 0 aromatic rings. The zero-order chi connectivity index (χ0) is 13.1. The fraction of sp³-hybridized carbons (Fsp3) is 0.818. The third-order valence-corrected chi connectivity index (χ3v) is 2.18. The fourth-order valence-electron chi connectivity index (χ4n) is 1.50. The highest BCUT2D eigenvalue weighted by Crippen LogP contribution is 2.15. The van der Waals surface area contributed by atoms with Crippen molar-refractivity contribution >= 4 is 12.1 Å². The van der Waals surface area contributed by atoms with Gasteiger partial charge in [0.15, 0.2) is 6.10 Å². The smallest absolute Gasteiger partial charge is 0.407 e. The van der Waals surface area contributed by atoms with E-state index in [1.54, 1.807) is 20.8 Å². The molecule has 1 aliphatic rings. The van der Waals surface area contributed by atoms with Crippen LogP contribution in [0.1, 0.15) is 27.2 Å². The topological polar surface area (TPSA) is 73.9 Å². The maximum absolute atomic E-state index is 11.5. The van der Waals surface area contributed by atoms with Crippen LogP contribution in [-0.2, 0) is 19.0 Å². The second-order valence-electron chi connectivity index (χ2n) is 4.92. The Kier molecular flexibility index (Phi) is 4.34. The lowest BCUT2D eigenvalue weighted by Gasteiger charge is -2.21. The van der Waals surface area contributed by atoms with E-state index in [0.29, 0.717) is 13.0 Å². The average molecular weight is 245 g/mol. The van der Waals surface area contributed by atoms with E-state index in [2.05, 4.69) is 10.1 Å². The molecule has 2 atom stereocenters. The summed E-state index contributed by atoms with van der Waals surface area (Å²) in [6.07, 6.45) is -0.692. The van der Waals surface area contributed by atoms with E-state index in [-0.39, 0.29) is 6.04 Å². The maximum Gasteiger partial charge on any atom is 0.407 e. The van der Waals surface area contributed by atoms with Crippen LogP contribution in [-0.4, -0.2) is 43.5 Å². The molecule has 98 valence electrons. The molecular formula is C11H19NO5. The summed E-state index contributed by atoms with van der Waals surface area (Å²) in [7, 11) is 1.31. The Morgan fingerprint density at radius 2 is 2.00 bits per heavy atom. The first kappa shape index (κ1) is 13.8. The maximum atomic E-state index is 11.5. The molecule has 17 heavy (non-hydrogen) atoms. The first-order chi connectivity index (χ1) is 7.81. The lowest BCUT2D eigenvalue weighted by atomic mass is 10.2. The molecule has 0 radical (unpaired) electrons. The summed E-state index contributed by atoms with van der Waals surface area (Å²) in [4.78, 5) is 22.6. The van der Waals surface area contributed by atoms with E-state index >= 15 is 0 Å². The van der Waals surface area contributed by atoms with Gasteiger partial charge in [-0.2, -0.15) is 0 Å². The van der Waals surface area contributed by atoms with Crippen LogP contribution in [0.5, 0.6) is 0 Å². The molecule has 0 bridgehead atoms. The van der Waals surface area contributed by atoms with Crippen molar-refractivity contribution in [2.24, 2.45) is 0 Å². The van der Waals surface area contributed by atoms with Crippen LogP contribution in [0.15, 0.2) is 0 Å². The number of hydrogen-bond donors (Lipinski definition) is 1. The zero-order valence-corrected chi connectivity index (χ0v) is 10.6. The Morgan fingerprint density at radius 1 is 1.35 bits per heavy atom. The third-order valence-electron chi connectivity index (χ3n) is 2.18. The number of rotatable bonds is 2. The normalized spacial score (nSPS) is 24.2. The number of amides is 1. The van der Waals surface area contributed by atoms with Gasteiger partial charge in [-0.15, -0.1) is 0 Å². The number of hydrogen-bond acceptors (Lipinski definition) is 5. The second kappa shape index (κ2) is 5.35. The number of carbonyl (C=O) groups excluding carboxylic acids is 2. The highest BCUT2D eigenvalue weighted by Gasteiger charge is 2.33. The fourth-order valence-corrected chi connectivity index (χ4v) is 1.50. The molecule has 1 N–H and O–H groups in total. The van der Waals surface area contributed by atoms with Gasteiger partial charge in [-0.05, 0) is 20.8 Å². The monoisotopic (exact) mass is 245 g/mol. The van der Waals surface area contributed by atoms with Gasteiger partial charge < -0.3 is 19.5 Å². The molecule has 0 saturated carbocycles. The number of alkyl carbamates (subject to hydrolysis) is 1. The van der Waals surface area contributed by atoms with Crippen LogP contribution in [0.2, 0.25) is 0 Å². The summed E-state index contributed by atoms with van der Waals surface area (Å²) in [6, 6.07) is -0.214. The second-order valence-corrected chi connectivity index (χ2v) is 4.92. The Labute approximate surface area is 101 Å². The molecule has 0 spiro atoms. The summed E-state index contributed by atoms with van der Waals surface area (Å²) < 4.78 is 14.9. The van der Waals surface area contributed by atoms with E-state index in [4.69, 9.17) is 9.47 Å². The minimum atomic E-state index is -0.597. The van der Waals surface area contributed by atoms with E-state index < -0.39 is 23.8 Å². The van der Waals surface area contributed by atoms with Crippen LogP contribution in [0, 0.1) is 0 Å². The minimum absolute atomic E-state index is 0.214. The summed E-state index contributed by atoms with van der Waals surface area (Å²) in [6.45, 7) is 5.65. The van der Waals surface area contributed by atoms with Crippen molar-refractivity contribution in [3.8, 4) is 0 Å². The van der Waals surface area contributed by atoms with Gasteiger partial charge in [0.2, 0.25) is 0 Å². The molecule has 0 aromatic carbocycles. The Morgan fingerprint density at radius 3 is 2.53 bits per heavy atom. The number of methoxy groups -OCH3 is 1. The molecule has 0 unspecified atom stereocenters. The summed E-state index contributed by atoms with van der Waals surface area (Å²) in [5.41, 5.74) is -0.536. The van der Waals surface area contributed by atoms with Crippen LogP contribution >= 0.6 is 0 Å². The van der Waals surface area contributed by atoms with Gasteiger partial charge in [0, 0.05) is 6.42 Å². The van der Waals surface area contributed by atoms with Crippen molar-refractivity contribution in [2.75, 3.05) is 13.7 Å². The molecule has 0 aliphatic carbocycles. The SMILES string of the molecule is COC(=O)[C@@H]1C[C@@H](NC(=O)OC(C)(C)C)CO1. The summed E-state index contributed by atoms with van der Waals surface area (Å²) >= 11 is 0. The standard InChI is InChI=1S/C11H19NO5/c1-11(2,3)17-10(14)12-7-5-8(16-6-7)9(13)15-4/h7-8H,5-6H2,1-4H3,(H,12,14)/t7-,8+/m1/s1. The average Bonchev–Trinajstić information content (AvgIpc) is 2.62. The lowest BCUT2D eigenvalue weighted by molar-refractivity contribution is -0.151. The molecular weight excluding hydrogens is 226 g/mol. The van der Waals surface area contributed by atoms with Crippen LogP contribution < -0.4 is 5.32 Å². The quantitative estimate of drug-likeness (QED) is 0.730. The van der Waals surface area contributed by atoms with Crippen LogP contribution in [0.4, 0.5) is 4.79 Å². The predicted molar refractivity (Wildman–Crippen MR) is 59.5 cm³/mol. The van der Waals surface area contributed by atoms with Gasteiger partial charge in [0.1, 0.15) is 5.60 Å². The van der Waals surface area contributed by atoms with Crippen LogP contribution in [0.3, 0.4) is 0 Å². The molecule has 0 aromatic heterocycles. The molecule has 1 fully saturated rings. The highest BCUT2D eigenvalue weighted by molar-refractivity contribution is 5.75. The van der Waals surface area contributed by atoms with E-state index in [1.807, 2.05) is 0 Å². The van der Waals surface area contributed by atoms with Crippen LogP contribution in [0.25, 0.3) is 0 Å². The number of esters is 1. The lowest BCUT2D eigenvalue weighted by Crippen LogP contribution is -2.39. The zero-order valence-electron chi connectivity index (χ0n) is 10.6. The van der Waals surface area contributed by atoms with Gasteiger partial charge in [-0.1, -0.05) is 0 Å². The van der Waals surface area contributed by atoms with Gasteiger partial charge in [0.05, 0.1) is 19.8 Å². The van der Waals surface area contributed by atoms with E-state index in [9.17, 15) is 9.59 Å². The molecule has 1 rings (SSSR count). The summed E-state index contributed by atoms with van der Waals surface area (Å²) in [5, 5.41) is 2.65. The van der Waals surface area contributed by atoms with Gasteiger partial charge in [-0.25, -0.2) is 9.59 Å². The van der Waals surface area contributed by atoms with Gasteiger partial charge >= 0.3 is 12.1 Å². The predicted octanol–water partition coefficient (Wildman–Crippen LogP) is 0.842. The molecule has 1 aliphatic heterocycles. The molecule has 1 amide bonds. The first-order valence-corrected chi connectivity index (χ1v) is 5.51. The highest BCUT2D eigenvalue weighted by atomic mass is 16.6. The van der Waals surface area contributed by atoms with Crippen molar-refractivity contribution < 1.29 is 23.8 Å². The summed E-state index contributed by atoms with van der Waals surface area (Å²) in [5.74, 6) is -0.418. The Bertz CT molecular complexity index is 297. The molecule has 6 heteroatoms. The van der Waals surface area contributed by atoms with Gasteiger partial charge in [0.25, 0.3) is 0 Å². The third kappa shape index (κ3) is 4.60. The number of carbonyl (C=O) groups is 2. The number of nitrogens with one attached hydrogen (secondary N) is 1. The molecule has 6 nitrogen and oxygen atoms in total. The minimum Gasteiger partial charge on any atom is -0.467 e. The van der Waals surface area contributed by atoms with Crippen molar-refractivity contribution in [1.29, 1.82) is 0 Å². The Balaban J connectivity index is 2.35. The Hall–Kier alpha value is -1.30.